The molecule has 1 aromatic carbocycles. The number of aryl methyl sites for hydroxylation is 2. The quantitative estimate of drug-likeness (QED) is 0.523. The van der Waals surface area contributed by atoms with E-state index in [-0.39, 0.29) is 17.5 Å². The molecule has 2 radical (unpaired) electrons. The lowest BCUT2D eigenvalue weighted by Gasteiger charge is -2.27. The summed E-state index contributed by atoms with van der Waals surface area (Å²) >= 11 is 6.70. The Hall–Kier alpha value is -2.71. The van der Waals surface area contributed by atoms with Crippen molar-refractivity contribution in [2.75, 3.05) is 19.3 Å². The molecule has 1 unspecified atom stereocenters. The van der Waals surface area contributed by atoms with Crippen molar-refractivity contribution in [2.24, 2.45) is 0 Å². The predicted octanol–water partition coefficient (Wildman–Crippen LogP) is 3.67. The molecule has 2 aliphatic rings. The number of rotatable bonds is 2. The van der Waals surface area contributed by atoms with E-state index in [0.29, 0.717) is 45.8 Å². The summed E-state index contributed by atoms with van der Waals surface area (Å²) in [6, 6.07) is 7.27. The molecule has 7 nitrogen and oxygen atoms in total. The topological polar surface area (TPSA) is 79.5 Å². The predicted molar refractivity (Wildman–Crippen MR) is 127 cm³/mol. The van der Waals surface area contributed by atoms with E-state index < -0.39 is 0 Å². The van der Waals surface area contributed by atoms with E-state index >= 15 is 0 Å². The van der Waals surface area contributed by atoms with Crippen LogP contribution in [0.3, 0.4) is 0 Å². The van der Waals surface area contributed by atoms with Gasteiger partial charge in [0.2, 0.25) is 0 Å². The fraction of sp³-hybridized carbons (Fsp3) is 0.417. The van der Waals surface area contributed by atoms with Crippen LogP contribution in [0.4, 0.5) is 0 Å². The Labute approximate surface area is 199 Å². The number of nitrogens with zero attached hydrogens (tertiary/aromatic N) is 4. The van der Waals surface area contributed by atoms with Gasteiger partial charge in [0, 0.05) is 47.6 Å². The Kier molecular flexibility index (Phi) is 5.97. The minimum absolute atomic E-state index is 0.0325. The Balaban J connectivity index is 1.37. The number of benzene rings is 1. The van der Waals surface area contributed by atoms with Crippen LogP contribution < -0.4 is 0 Å². The molecule has 33 heavy (non-hydrogen) atoms. The highest BCUT2D eigenvalue weighted by atomic mass is 35.5. The summed E-state index contributed by atoms with van der Waals surface area (Å²) in [6.45, 7) is 4.72. The number of aromatic nitrogens is 2. The first-order valence-electron chi connectivity index (χ1n) is 11.3. The highest BCUT2D eigenvalue weighted by molar-refractivity contribution is 6.39. The monoisotopic (exact) mass is 480 g/mol. The van der Waals surface area contributed by atoms with E-state index in [1.54, 1.807) is 17.9 Å². The summed E-state index contributed by atoms with van der Waals surface area (Å²) in [7, 11) is 0.409. The number of carbonyl (C=O) groups is 2. The molecule has 2 aromatic heterocycles. The third-order valence-corrected chi connectivity index (χ3v) is 8.39. The van der Waals surface area contributed by atoms with Crippen molar-refractivity contribution >= 4 is 43.8 Å². The van der Waals surface area contributed by atoms with Gasteiger partial charge in [0.25, 0.3) is 11.8 Å². The molecule has 0 spiro atoms. The Morgan fingerprint density at radius 1 is 1.15 bits per heavy atom. The molecule has 5 rings (SSSR count). The number of carbonyl (C=O) groups excluding carboxylic acids is 2. The maximum atomic E-state index is 13.5. The SMILES string of the molecule is Cc1cc(C(=O)N2CCN(C(=O)c3ccc4c(Cl)c5c(nc4c3)CCCC5)C(C)[Si]C2)no1. The highest BCUT2D eigenvalue weighted by Crippen LogP contribution is 2.33. The number of pyridine rings is 1. The van der Waals surface area contributed by atoms with Crippen molar-refractivity contribution in [1.82, 2.24) is 19.9 Å². The van der Waals surface area contributed by atoms with Crippen LogP contribution in [0.1, 0.15) is 57.6 Å². The second-order valence-electron chi connectivity index (χ2n) is 8.72. The molecular formula is C24H25ClN4O3Si. The zero-order chi connectivity index (χ0) is 23.1. The average molecular weight is 481 g/mol. The van der Waals surface area contributed by atoms with Gasteiger partial charge in [-0.05, 0) is 57.2 Å². The van der Waals surface area contributed by atoms with Crippen molar-refractivity contribution < 1.29 is 14.1 Å². The minimum Gasteiger partial charge on any atom is -0.361 e. The van der Waals surface area contributed by atoms with E-state index in [1.807, 2.05) is 30.0 Å². The van der Waals surface area contributed by atoms with E-state index in [4.69, 9.17) is 21.1 Å². The van der Waals surface area contributed by atoms with Crippen molar-refractivity contribution in [3.05, 3.63) is 57.6 Å². The second-order valence-corrected chi connectivity index (χ2v) is 10.7. The maximum Gasteiger partial charge on any atom is 0.275 e. The molecule has 170 valence electrons. The number of hydrogen-bond acceptors (Lipinski definition) is 5. The van der Waals surface area contributed by atoms with Crippen LogP contribution >= 0.6 is 11.6 Å². The molecule has 0 bridgehead atoms. The van der Waals surface area contributed by atoms with Crippen LogP contribution in [0.2, 0.25) is 5.02 Å². The average Bonchev–Trinajstić information content (AvgIpc) is 3.16. The van der Waals surface area contributed by atoms with Gasteiger partial charge < -0.3 is 14.3 Å². The van der Waals surface area contributed by atoms with Gasteiger partial charge >= 0.3 is 0 Å². The summed E-state index contributed by atoms with van der Waals surface area (Å²) in [5.74, 6) is 0.404. The van der Waals surface area contributed by atoms with Crippen LogP contribution in [0.15, 0.2) is 28.8 Å². The van der Waals surface area contributed by atoms with Crippen molar-refractivity contribution in [2.45, 2.75) is 45.2 Å². The molecule has 9 heteroatoms. The lowest BCUT2D eigenvalue weighted by Crippen LogP contribution is -2.42. The molecule has 1 fully saturated rings. The number of hydrogen-bond donors (Lipinski definition) is 0. The lowest BCUT2D eigenvalue weighted by molar-refractivity contribution is 0.0688. The molecule has 3 aromatic rings. The highest BCUT2D eigenvalue weighted by Gasteiger charge is 2.30. The Morgan fingerprint density at radius 2 is 1.97 bits per heavy atom. The molecule has 2 amide bonds. The van der Waals surface area contributed by atoms with Gasteiger partial charge in [-0.15, -0.1) is 0 Å². The molecule has 0 N–H and O–H groups in total. The lowest BCUT2D eigenvalue weighted by atomic mass is 9.94. The van der Waals surface area contributed by atoms with E-state index in [2.05, 4.69) is 5.16 Å². The zero-order valence-corrected chi connectivity index (χ0v) is 20.5. The van der Waals surface area contributed by atoms with Crippen molar-refractivity contribution in [1.29, 1.82) is 0 Å². The molecule has 1 aliphatic carbocycles. The standard InChI is InChI=1S/C24H25ClN4O3Si/c1-14-11-21(27-32-14)24(31)28-9-10-29(15(2)33-13-28)23(30)16-7-8-18-20(12-16)26-19-6-4-3-5-17(19)22(18)25/h7-8,11-12,15H,3-6,9-10,13H2,1-2H3. The van der Waals surface area contributed by atoms with Crippen LogP contribution in [0, 0.1) is 6.92 Å². The third kappa shape index (κ3) is 4.17. The van der Waals surface area contributed by atoms with Gasteiger partial charge in [0.05, 0.1) is 20.1 Å². The van der Waals surface area contributed by atoms with Crippen LogP contribution in [-0.4, -0.2) is 66.2 Å². The minimum atomic E-state index is -0.157. The fourth-order valence-corrected chi connectivity index (χ4v) is 6.22. The van der Waals surface area contributed by atoms with Crippen LogP contribution in [0.25, 0.3) is 10.9 Å². The van der Waals surface area contributed by atoms with E-state index in [1.165, 1.54) is 0 Å². The van der Waals surface area contributed by atoms with Crippen LogP contribution in [0.5, 0.6) is 0 Å². The zero-order valence-electron chi connectivity index (χ0n) is 18.7. The number of amides is 2. The first-order chi connectivity index (χ1) is 15.9. The van der Waals surface area contributed by atoms with E-state index in [0.717, 1.165) is 52.9 Å². The van der Waals surface area contributed by atoms with Crippen molar-refractivity contribution in [3.63, 3.8) is 0 Å². The fourth-order valence-electron chi connectivity index (χ4n) is 4.60. The van der Waals surface area contributed by atoms with Gasteiger partial charge in [-0.3, -0.25) is 14.6 Å². The number of halogens is 1. The van der Waals surface area contributed by atoms with Crippen LogP contribution in [-0.2, 0) is 12.8 Å². The Bertz CT molecular complexity index is 1240. The summed E-state index contributed by atoms with van der Waals surface area (Å²) < 4.78 is 5.05. The first kappa shape index (κ1) is 22.1. The van der Waals surface area contributed by atoms with Gasteiger partial charge in [0.15, 0.2) is 5.69 Å². The van der Waals surface area contributed by atoms with Gasteiger partial charge in [0.1, 0.15) is 5.76 Å². The summed E-state index contributed by atoms with van der Waals surface area (Å²) in [5.41, 5.74) is 3.93. The molecular weight excluding hydrogens is 456 g/mol. The maximum absolute atomic E-state index is 13.5. The van der Waals surface area contributed by atoms with Crippen molar-refractivity contribution in [3.8, 4) is 0 Å². The normalized spacial score (nSPS) is 18.8. The largest absolute Gasteiger partial charge is 0.361 e. The molecule has 3 heterocycles. The smallest absolute Gasteiger partial charge is 0.275 e. The van der Waals surface area contributed by atoms with Gasteiger partial charge in [-0.25, -0.2) is 0 Å². The van der Waals surface area contributed by atoms with Gasteiger partial charge in [-0.1, -0.05) is 22.8 Å². The Morgan fingerprint density at radius 3 is 2.76 bits per heavy atom. The summed E-state index contributed by atoms with van der Waals surface area (Å²) in [4.78, 5) is 34.7. The third-order valence-electron chi connectivity index (χ3n) is 6.49. The van der Waals surface area contributed by atoms with Gasteiger partial charge in [-0.2, -0.15) is 0 Å². The summed E-state index contributed by atoms with van der Waals surface area (Å²) in [6.07, 6.45) is 4.75. The molecule has 0 saturated carbocycles. The molecule has 1 atom stereocenters. The number of fused-ring (bicyclic) bond motifs is 2. The summed E-state index contributed by atoms with van der Waals surface area (Å²) in [5, 5.41) is 5.52. The van der Waals surface area contributed by atoms with E-state index in [9.17, 15) is 9.59 Å². The molecule has 1 saturated heterocycles. The molecule has 1 aliphatic heterocycles. The first-order valence-corrected chi connectivity index (χ1v) is 13.0. The second kappa shape index (κ2) is 8.91.